The monoisotopic (exact) mass is 293 g/mol. The molecule has 1 aromatic carbocycles. The molecule has 1 saturated heterocycles. The first-order valence-corrected chi connectivity index (χ1v) is 7.18. The molecule has 0 spiro atoms. The molecule has 2 amide bonds. The van der Waals surface area contributed by atoms with E-state index < -0.39 is 0 Å². The smallest absolute Gasteiger partial charge is 0.319 e. The third kappa shape index (κ3) is 4.91. The molecule has 0 atom stereocenters. The van der Waals surface area contributed by atoms with Gasteiger partial charge >= 0.3 is 6.03 Å². The number of anilines is 1. The van der Waals surface area contributed by atoms with Crippen LogP contribution in [0.4, 0.5) is 10.5 Å². The molecule has 2 N–H and O–H groups in total. The Morgan fingerprint density at radius 3 is 2.86 bits per heavy atom. The van der Waals surface area contributed by atoms with Crippen LogP contribution in [-0.2, 0) is 4.74 Å². The number of ether oxygens (including phenoxy) is 2. The SMILES string of the molecule is COc1ccc(C)cc1NC(=O)NCCN1CCOCC1. The highest BCUT2D eigenvalue weighted by atomic mass is 16.5. The van der Waals surface area contributed by atoms with Gasteiger partial charge in [-0.05, 0) is 24.6 Å². The lowest BCUT2D eigenvalue weighted by Crippen LogP contribution is -2.42. The normalized spacial score (nSPS) is 15.5. The summed E-state index contributed by atoms with van der Waals surface area (Å²) in [4.78, 5) is 14.2. The first kappa shape index (κ1) is 15.6. The number of benzene rings is 1. The maximum Gasteiger partial charge on any atom is 0.319 e. The van der Waals surface area contributed by atoms with Crippen molar-refractivity contribution in [3.05, 3.63) is 23.8 Å². The maximum absolute atomic E-state index is 11.9. The summed E-state index contributed by atoms with van der Waals surface area (Å²) in [6.45, 7) is 6.81. The van der Waals surface area contributed by atoms with Crippen LogP contribution in [0.5, 0.6) is 5.75 Å². The van der Waals surface area contributed by atoms with E-state index in [4.69, 9.17) is 9.47 Å². The van der Waals surface area contributed by atoms with Gasteiger partial charge in [-0.15, -0.1) is 0 Å². The molecule has 0 aromatic heterocycles. The minimum absolute atomic E-state index is 0.216. The van der Waals surface area contributed by atoms with Crippen molar-refractivity contribution in [3.63, 3.8) is 0 Å². The summed E-state index contributed by atoms with van der Waals surface area (Å²) >= 11 is 0. The molecule has 0 bridgehead atoms. The van der Waals surface area contributed by atoms with Gasteiger partial charge in [0, 0.05) is 26.2 Å². The van der Waals surface area contributed by atoms with Crippen molar-refractivity contribution in [1.29, 1.82) is 0 Å². The molecule has 0 saturated carbocycles. The molecule has 21 heavy (non-hydrogen) atoms. The second-order valence-corrected chi connectivity index (χ2v) is 5.04. The summed E-state index contributed by atoms with van der Waals surface area (Å²) in [6, 6.07) is 5.46. The molecule has 1 fully saturated rings. The van der Waals surface area contributed by atoms with Crippen LogP contribution in [0.3, 0.4) is 0 Å². The average Bonchev–Trinajstić information content (AvgIpc) is 2.48. The number of aryl methyl sites for hydroxylation is 1. The number of methoxy groups -OCH3 is 1. The van der Waals surface area contributed by atoms with Crippen molar-refractivity contribution >= 4 is 11.7 Å². The molecular formula is C15H23N3O3. The zero-order valence-electron chi connectivity index (χ0n) is 12.6. The Morgan fingerprint density at radius 1 is 1.38 bits per heavy atom. The van der Waals surface area contributed by atoms with E-state index in [-0.39, 0.29) is 6.03 Å². The van der Waals surface area contributed by atoms with Crippen LogP contribution in [0.25, 0.3) is 0 Å². The van der Waals surface area contributed by atoms with Gasteiger partial charge in [-0.2, -0.15) is 0 Å². The summed E-state index contributed by atoms with van der Waals surface area (Å²) in [5.74, 6) is 0.656. The fourth-order valence-corrected chi connectivity index (χ4v) is 2.24. The predicted molar refractivity (Wildman–Crippen MR) is 82.0 cm³/mol. The number of carbonyl (C=O) groups is 1. The lowest BCUT2D eigenvalue weighted by Gasteiger charge is -2.26. The number of carbonyl (C=O) groups excluding carboxylic acids is 1. The molecule has 116 valence electrons. The Kier molecular flexibility index (Phi) is 5.83. The topological polar surface area (TPSA) is 62.8 Å². The Morgan fingerprint density at radius 2 is 2.14 bits per heavy atom. The number of nitrogens with zero attached hydrogens (tertiary/aromatic N) is 1. The molecule has 0 radical (unpaired) electrons. The molecular weight excluding hydrogens is 270 g/mol. The van der Waals surface area contributed by atoms with E-state index in [0.29, 0.717) is 18.0 Å². The quantitative estimate of drug-likeness (QED) is 0.863. The fraction of sp³-hybridized carbons (Fsp3) is 0.533. The largest absolute Gasteiger partial charge is 0.495 e. The van der Waals surface area contributed by atoms with E-state index in [1.54, 1.807) is 7.11 Å². The molecule has 1 aromatic rings. The average molecular weight is 293 g/mol. The van der Waals surface area contributed by atoms with Crippen LogP contribution in [0.2, 0.25) is 0 Å². The maximum atomic E-state index is 11.9. The zero-order chi connectivity index (χ0) is 15.1. The highest BCUT2D eigenvalue weighted by Gasteiger charge is 2.11. The minimum Gasteiger partial charge on any atom is -0.495 e. The molecule has 0 unspecified atom stereocenters. The highest BCUT2D eigenvalue weighted by molar-refractivity contribution is 5.91. The van der Waals surface area contributed by atoms with E-state index >= 15 is 0 Å². The summed E-state index contributed by atoms with van der Waals surface area (Å²) in [5, 5.41) is 5.68. The second kappa shape index (κ2) is 7.85. The van der Waals surface area contributed by atoms with Crippen LogP contribution in [0, 0.1) is 6.92 Å². The van der Waals surface area contributed by atoms with Crippen LogP contribution < -0.4 is 15.4 Å². The molecule has 6 nitrogen and oxygen atoms in total. The van der Waals surface area contributed by atoms with Gasteiger partial charge < -0.3 is 20.1 Å². The summed E-state index contributed by atoms with van der Waals surface area (Å²) < 4.78 is 10.5. The number of urea groups is 1. The van der Waals surface area contributed by atoms with Gasteiger partial charge in [0.2, 0.25) is 0 Å². The summed E-state index contributed by atoms with van der Waals surface area (Å²) in [7, 11) is 1.59. The van der Waals surface area contributed by atoms with Crippen LogP contribution in [-0.4, -0.2) is 57.4 Å². The molecule has 1 aliphatic heterocycles. The van der Waals surface area contributed by atoms with Gasteiger partial charge in [-0.3, -0.25) is 4.90 Å². The number of rotatable bonds is 5. The van der Waals surface area contributed by atoms with Crippen molar-refractivity contribution < 1.29 is 14.3 Å². The van der Waals surface area contributed by atoms with E-state index in [1.807, 2.05) is 25.1 Å². The Bertz CT molecular complexity index is 473. The van der Waals surface area contributed by atoms with Crippen molar-refractivity contribution in [2.45, 2.75) is 6.92 Å². The Labute approximate surface area is 125 Å². The van der Waals surface area contributed by atoms with Crippen LogP contribution in [0.15, 0.2) is 18.2 Å². The van der Waals surface area contributed by atoms with Gasteiger partial charge in [0.1, 0.15) is 5.75 Å². The van der Waals surface area contributed by atoms with E-state index in [9.17, 15) is 4.79 Å². The third-order valence-corrected chi connectivity index (χ3v) is 3.42. The first-order chi connectivity index (χ1) is 10.2. The van der Waals surface area contributed by atoms with E-state index in [2.05, 4.69) is 15.5 Å². The zero-order valence-corrected chi connectivity index (χ0v) is 12.6. The van der Waals surface area contributed by atoms with Crippen molar-refractivity contribution in [2.24, 2.45) is 0 Å². The van der Waals surface area contributed by atoms with Crippen molar-refractivity contribution in [3.8, 4) is 5.75 Å². The van der Waals surface area contributed by atoms with Gasteiger partial charge in [-0.1, -0.05) is 6.07 Å². The molecule has 2 rings (SSSR count). The van der Waals surface area contributed by atoms with Crippen molar-refractivity contribution in [1.82, 2.24) is 10.2 Å². The number of amides is 2. The standard InChI is InChI=1S/C15H23N3O3/c1-12-3-4-14(20-2)13(11-12)17-15(19)16-5-6-18-7-9-21-10-8-18/h3-4,11H,5-10H2,1-2H3,(H2,16,17,19). The lowest BCUT2D eigenvalue weighted by atomic mass is 10.2. The van der Waals surface area contributed by atoms with Gasteiger partial charge in [0.15, 0.2) is 0 Å². The minimum atomic E-state index is -0.216. The molecule has 1 heterocycles. The Hall–Kier alpha value is -1.79. The summed E-state index contributed by atoms with van der Waals surface area (Å²) in [5.41, 5.74) is 1.75. The fourth-order valence-electron chi connectivity index (χ4n) is 2.24. The third-order valence-electron chi connectivity index (χ3n) is 3.42. The molecule has 6 heteroatoms. The number of nitrogens with one attached hydrogen (secondary N) is 2. The molecule has 1 aliphatic rings. The highest BCUT2D eigenvalue weighted by Crippen LogP contribution is 2.24. The number of hydrogen-bond acceptors (Lipinski definition) is 4. The van der Waals surface area contributed by atoms with E-state index in [1.165, 1.54) is 0 Å². The van der Waals surface area contributed by atoms with Crippen molar-refractivity contribution in [2.75, 3.05) is 51.8 Å². The van der Waals surface area contributed by atoms with E-state index in [0.717, 1.165) is 38.4 Å². The lowest BCUT2D eigenvalue weighted by molar-refractivity contribution is 0.0388. The van der Waals surface area contributed by atoms with Crippen LogP contribution >= 0.6 is 0 Å². The summed E-state index contributed by atoms with van der Waals surface area (Å²) in [6.07, 6.45) is 0. The van der Waals surface area contributed by atoms with Gasteiger partial charge in [-0.25, -0.2) is 4.79 Å². The second-order valence-electron chi connectivity index (χ2n) is 5.04. The number of morpholine rings is 1. The first-order valence-electron chi connectivity index (χ1n) is 7.18. The predicted octanol–water partition coefficient (Wildman–Crippen LogP) is 1.46. The molecule has 0 aliphatic carbocycles. The van der Waals surface area contributed by atoms with Gasteiger partial charge in [0.05, 0.1) is 26.0 Å². The van der Waals surface area contributed by atoms with Crippen LogP contribution in [0.1, 0.15) is 5.56 Å². The number of hydrogen-bond donors (Lipinski definition) is 2. The Balaban J connectivity index is 1.77. The van der Waals surface area contributed by atoms with Gasteiger partial charge in [0.25, 0.3) is 0 Å².